The van der Waals surface area contributed by atoms with Crippen LogP contribution in [-0.4, -0.2) is 0 Å². The normalized spacial score (nSPS) is 8.29. The van der Waals surface area contributed by atoms with Gasteiger partial charge in [-0.1, -0.05) is 23.8 Å². The van der Waals surface area contributed by atoms with Crippen molar-refractivity contribution in [3.8, 4) is 24.2 Å². The highest BCUT2D eigenvalue weighted by Gasteiger charge is 1.97. The zero-order valence-electron chi connectivity index (χ0n) is 7.68. The zero-order chi connectivity index (χ0) is 10.4. The van der Waals surface area contributed by atoms with E-state index in [1.165, 1.54) is 12.1 Å². The van der Waals surface area contributed by atoms with Crippen LogP contribution in [0.4, 0.5) is 4.39 Å². The Morgan fingerprint density at radius 3 is 2.86 bits per heavy atom. The Kier molecular flexibility index (Phi) is 3.53. The van der Waals surface area contributed by atoms with Gasteiger partial charge >= 0.3 is 0 Å². The Morgan fingerprint density at radius 2 is 2.21 bits per heavy atom. The number of allylic oxidation sites excluding steroid dienone is 1. The molecule has 0 saturated carbocycles. The van der Waals surface area contributed by atoms with Crippen LogP contribution in [0.2, 0.25) is 0 Å². The van der Waals surface area contributed by atoms with Crippen LogP contribution in [0.3, 0.4) is 0 Å². The van der Waals surface area contributed by atoms with Crippen molar-refractivity contribution in [1.29, 1.82) is 0 Å². The van der Waals surface area contributed by atoms with Crippen molar-refractivity contribution in [3.63, 3.8) is 0 Å². The quantitative estimate of drug-likeness (QED) is 0.465. The van der Waals surface area contributed by atoms with Gasteiger partial charge in [-0.15, -0.1) is 13.0 Å². The lowest BCUT2D eigenvalue weighted by molar-refractivity contribution is 0.627. The zero-order valence-corrected chi connectivity index (χ0v) is 7.68. The lowest BCUT2D eigenvalue weighted by Crippen LogP contribution is -1.85. The van der Waals surface area contributed by atoms with Crippen molar-refractivity contribution in [3.05, 3.63) is 47.8 Å². The van der Waals surface area contributed by atoms with Gasteiger partial charge in [0.25, 0.3) is 0 Å². The molecule has 0 N–H and O–H groups in total. The monoisotopic (exact) mass is 184 g/mol. The Balaban J connectivity index is 3.05. The summed E-state index contributed by atoms with van der Waals surface area (Å²) in [6, 6.07) is 4.23. The maximum Gasteiger partial charge on any atom is 0.124 e. The molecular weight excluding hydrogens is 175 g/mol. The van der Waals surface area contributed by atoms with Gasteiger partial charge in [-0.25, -0.2) is 4.39 Å². The van der Waals surface area contributed by atoms with Crippen molar-refractivity contribution in [1.82, 2.24) is 0 Å². The Morgan fingerprint density at radius 1 is 1.43 bits per heavy atom. The third-order valence-corrected chi connectivity index (χ3v) is 1.61. The fourth-order valence-electron chi connectivity index (χ4n) is 0.963. The van der Waals surface area contributed by atoms with Gasteiger partial charge in [0.05, 0.1) is 0 Å². The minimum Gasteiger partial charge on any atom is -0.207 e. The molecular formula is C13H9F. The van der Waals surface area contributed by atoms with Crippen LogP contribution in [0, 0.1) is 30.0 Å². The Labute approximate surface area is 83.5 Å². The minimum absolute atomic E-state index is 0.341. The summed E-state index contributed by atoms with van der Waals surface area (Å²) in [7, 11) is 0. The van der Waals surface area contributed by atoms with E-state index in [1.807, 2.05) is 0 Å². The van der Waals surface area contributed by atoms with Crippen LogP contribution in [-0.2, 0) is 0 Å². The number of hydrogen-bond donors (Lipinski definition) is 0. The second-order valence-electron chi connectivity index (χ2n) is 2.63. The molecule has 0 fully saturated rings. The molecule has 0 atom stereocenters. The lowest BCUT2D eigenvalue weighted by atomic mass is 10.1. The van der Waals surface area contributed by atoms with E-state index in [0.717, 1.165) is 0 Å². The molecule has 1 aromatic rings. The summed E-state index contributed by atoms with van der Waals surface area (Å²) < 4.78 is 12.8. The largest absolute Gasteiger partial charge is 0.207 e. The third kappa shape index (κ3) is 2.51. The van der Waals surface area contributed by atoms with Gasteiger partial charge in [0.1, 0.15) is 5.82 Å². The van der Waals surface area contributed by atoms with E-state index in [2.05, 4.69) is 24.3 Å². The molecule has 0 nitrogen and oxygen atoms in total. The molecule has 0 aliphatic carbocycles. The van der Waals surface area contributed by atoms with E-state index >= 15 is 0 Å². The fraction of sp³-hybridized carbons (Fsp3) is 0.0769. The van der Waals surface area contributed by atoms with Gasteiger partial charge in [-0.2, -0.15) is 0 Å². The average molecular weight is 184 g/mol. The summed E-state index contributed by atoms with van der Waals surface area (Å²) in [4.78, 5) is 0. The van der Waals surface area contributed by atoms with E-state index < -0.39 is 0 Å². The van der Waals surface area contributed by atoms with Gasteiger partial charge in [0.2, 0.25) is 0 Å². The van der Waals surface area contributed by atoms with E-state index in [-0.39, 0.29) is 5.82 Å². The topological polar surface area (TPSA) is 0 Å². The van der Waals surface area contributed by atoms with Crippen LogP contribution in [0.15, 0.2) is 30.9 Å². The first-order valence-electron chi connectivity index (χ1n) is 4.14. The van der Waals surface area contributed by atoms with Crippen molar-refractivity contribution in [2.75, 3.05) is 0 Å². The summed E-state index contributed by atoms with van der Waals surface area (Å²) in [5, 5.41) is 0. The van der Waals surface area contributed by atoms with Crippen LogP contribution >= 0.6 is 0 Å². The van der Waals surface area contributed by atoms with Gasteiger partial charge < -0.3 is 0 Å². The van der Waals surface area contributed by atoms with Crippen molar-refractivity contribution in [2.45, 2.75) is 6.42 Å². The molecule has 0 amide bonds. The number of rotatable bonds is 1. The summed E-state index contributed by atoms with van der Waals surface area (Å²) in [5.41, 5.74) is 1.16. The van der Waals surface area contributed by atoms with E-state index in [1.54, 1.807) is 12.1 Å². The maximum atomic E-state index is 12.8. The van der Waals surface area contributed by atoms with E-state index in [4.69, 9.17) is 6.42 Å². The number of benzene rings is 1. The van der Waals surface area contributed by atoms with Crippen molar-refractivity contribution >= 4 is 0 Å². The smallest absolute Gasteiger partial charge is 0.124 e. The lowest BCUT2D eigenvalue weighted by Gasteiger charge is -1.95. The fourth-order valence-corrected chi connectivity index (χ4v) is 0.963. The van der Waals surface area contributed by atoms with Gasteiger partial charge in [0.15, 0.2) is 0 Å². The highest BCUT2D eigenvalue weighted by Crippen LogP contribution is 2.08. The molecule has 1 rings (SSSR count). The summed E-state index contributed by atoms with van der Waals surface area (Å²) in [5.74, 6) is 7.78. The number of hydrogen-bond acceptors (Lipinski definition) is 0. The molecule has 0 aliphatic heterocycles. The Hall–Kier alpha value is -1.99. The SMILES string of the molecule is C#Cc1cc(F)ccc1C#CCC=C. The van der Waals surface area contributed by atoms with E-state index in [0.29, 0.717) is 17.5 Å². The first kappa shape index (κ1) is 10.1. The second-order valence-corrected chi connectivity index (χ2v) is 2.63. The highest BCUT2D eigenvalue weighted by atomic mass is 19.1. The summed E-state index contributed by atoms with van der Waals surface area (Å²) in [6.45, 7) is 3.55. The van der Waals surface area contributed by atoms with Gasteiger partial charge in [-0.05, 0) is 18.2 Å². The third-order valence-electron chi connectivity index (χ3n) is 1.61. The van der Waals surface area contributed by atoms with Crippen molar-refractivity contribution < 1.29 is 4.39 Å². The molecule has 0 aliphatic rings. The average Bonchev–Trinajstić information content (AvgIpc) is 2.20. The molecule has 0 unspecified atom stereocenters. The van der Waals surface area contributed by atoms with Crippen LogP contribution in [0.1, 0.15) is 17.5 Å². The molecule has 0 saturated heterocycles. The number of terminal acetylenes is 1. The van der Waals surface area contributed by atoms with Crippen molar-refractivity contribution in [2.24, 2.45) is 0 Å². The highest BCUT2D eigenvalue weighted by molar-refractivity contribution is 5.49. The van der Waals surface area contributed by atoms with E-state index in [9.17, 15) is 4.39 Å². The van der Waals surface area contributed by atoms with Crippen LogP contribution in [0.5, 0.6) is 0 Å². The molecule has 0 spiro atoms. The number of halogens is 1. The molecule has 0 heterocycles. The standard InChI is InChI=1S/C13H9F/c1-3-5-6-7-12-8-9-13(14)10-11(12)4-2/h2-3,8-10H,1,5H2. The second kappa shape index (κ2) is 4.90. The molecule has 14 heavy (non-hydrogen) atoms. The molecule has 68 valence electrons. The Bertz CT molecular complexity index is 439. The minimum atomic E-state index is -0.341. The molecule has 1 aromatic carbocycles. The first-order chi connectivity index (χ1) is 6.77. The predicted molar refractivity (Wildman–Crippen MR) is 56.0 cm³/mol. The van der Waals surface area contributed by atoms with Gasteiger partial charge in [0, 0.05) is 17.5 Å². The molecule has 0 bridgehead atoms. The molecule has 0 aromatic heterocycles. The maximum absolute atomic E-state index is 12.8. The van der Waals surface area contributed by atoms with Crippen LogP contribution < -0.4 is 0 Å². The van der Waals surface area contributed by atoms with Gasteiger partial charge in [-0.3, -0.25) is 0 Å². The predicted octanol–water partition coefficient (Wildman–Crippen LogP) is 2.73. The molecule has 1 heteroatoms. The van der Waals surface area contributed by atoms with Crippen LogP contribution in [0.25, 0.3) is 0 Å². The summed E-state index contributed by atoms with van der Waals surface area (Å²) in [6.07, 6.45) is 7.52. The first-order valence-corrected chi connectivity index (χ1v) is 4.14. The summed E-state index contributed by atoms with van der Waals surface area (Å²) >= 11 is 0. The molecule has 0 radical (unpaired) electrons.